The molecule has 2 N–H and O–H groups in total. The van der Waals surface area contributed by atoms with Crippen molar-refractivity contribution < 1.29 is 14.3 Å². The lowest BCUT2D eigenvalue weighted by atomic mass is 10.2. The van der Waals surface area contributed by atoms with Gasteiger partial charge in [-0.2, -0.15) is 0 Å². The third-order valence-electron chi connectivity index (χ3n) is 2.57. The SMILES string of the molecule is COC(=O)C1COCCN1c1ccc(N)nn1. The first-order valence-electron chi connectivity index (χ1n) is 5.24. The maximum Gasteiger partial charge on any atom is 0.330 e. The fraction of sp³-hybridized carbons (Fsp3) is 0.500. The van der Waals surface area contributed by atoms with Crippen LogP contribution < -0.4 is 10.6 Å². The lowest BCUT2D eigenvalue weighted by Crippen LogP contribution is -2.51. The number of carbonyl (C=O) groups is 1. The molecule has 1 atom stereocenters. The van der Waals surface area contributed by atoms with E-state index in [1.807, 2.05) is 4.90 Å². The van der Waals surface area contributed by atoms with E-state index in [2.05, 4.69) is 10.2 Å². The van der Waals surface area contributed by atoms with Crippen molar-refractivity contribution in [3.63, 3.8) is 0 Å². The molecule has 2 rings (SSSR count). The largest absolute Gasteiger partial charge is 0.467 e. The highest BCUT2D eigenvalue weighted by Crippen LogP contribution is 2.17. The Morgan fingerprint density at radius 2 is 2.41 bits per heavy atom. The summed E-state index contributed by atoms with van der Waals surface area (Å²) in [5.74, 6) is 0.595. The number of nitrogen functional groups attached to an aromatic ring is 1. The Balaban J connectivity index is 2.21. The Morgan fingerprint density at radius 1 is 1.59 bits per heavy atom. The summed E-state index contributed by atoms with van der Waals surface area (Å²) in [7, 11) is 1.35. The number of nitrogens with zero attached hydrogens (tertiary/aromatic N) is 3. The first-order valence-corrected chi connectivity index (χ1v) is 5.24. The molecule has 0 saturated carbocycles. The number of aromatic nitrogens is 2. The van der Waals surface area contributed by atoms with Crippen LogP contribution in [0.5, 0.6) is 0 Å². The topological polar surface area (TPSA) is 90.6 Å². The first kappa shape index (κ1) is 11.6. The van der Waals surface area contributed by atoms with E-state index >= 15 is 0 Å². The van der Waals surface area contributed by atoms with E-state index in [-0.39, 0.29) is 5.97 Å². The summed E-state index contributed by atoms with van der Waals surface area (Å²) in [4.78, 5) is 13.4. The number of morpholine rings is 1. The molecule has 0 amide bonds. The van der Waals surface area contributed by atoms with Gasteiger partial charge in [-0.05, 0) is 12.1 Å². The van der Waals surface area contributed by atoms with Gasteiger partial charge in [0.25, 0.3) is 0 Å². The van der Waals surface area contributed by atoms with Gasteiger partial charge in [-0.15, -0.1) is 10.2 Å². The Labute approximate surface area is 98.5 Å². The number of carbonyl (C=O) groups excluding carboxylic acids is 1. The summed E-state index contributed by atoms with van der Waals surface area (Å²) >= 11 is 0. The number of hydrogen-bond acceptors (Lipinski definition) is 7. The minimum absolute atomic E-state index is 0.290. The fourth-order valence-electron chi connectivity index (χ4n) is 1.70. The van der Waals surface area contributed by atoms with Gasteiger partial charge in [0.15, 0.2) is 11.9 Å². The van der Waals surface area contributed by atoms with Gasteiger partial charge in [0.05, 0.1) is 20.3 Å². The lowest BCUT2D eigenvalue weighted by Gasteiger charge is -2.34. The molecular formula is C10H14N4O3. The zero-order valence-corrected chi connectivity index (χ0v) is 9.50. The standard InChI is InChI=1S/C10H14N4O3/c1-16-10(15)7-6-17-5-4-14(7)9-3-2-8(11)12-13-9/h2-3,7H,4-6H2,1H3,(H2,11,12). The van der Waals surface area contributed by atoms with Crippen LogP contribution in [0.4, 0.5) is 11.6 Å². The second-order valence-corrected chi connectivity index (χ2v) is 3.62. The monoisotopic (exact) mass is 238 g/mol. The first-order chi connectivity index (χ1) is 8.22. The average molecular weight is 238 g/mol. The number of anilines is 2. The third kappa shape index (κ3) is 2.44. The van der Waals surface area contributed by atoms with Crippen LogP contribution in [0.2, 0.25) is 0 Å². The highest BCUT2D eigenvalue weighted by molar-refractivity contribution is 5.80. The summed E-state index contributed by atoms with van der Waals surface area (Å²) in [6.07, 6.45) is 0. The molecule has 92 valence electrons. The number of methoxy groups -OCH3 is 1. The Bertz CT molecular complexity index is 395. The van der Waals surface area contributed by atoms with E-state index in [1.165, 1.54) is 7.11 Å². The molecule has 0 bridgehead atoms. The van der Waals surface area contributed by atoms with Crippen LogP contribution in [-0.2, 0) is 14.3 Å². The fourth-order valence-corrected chi connectivity index (χ4v) is 1.70. The quantitative estimate of drug-likeness (QED) is 0.690. The van der Waals surface area contributed by atoms with Gasteiger partial charge in [-0.3, -0.25) is 0 Å². The van der Waals surface area contributed by atoms with Crippen LogP contribution in [0.25, 0.3) is 0 Å². The normalized spacial score (nSPS) is 20.1. The summed E-state index contributed by atoms with van der Waals surface area (Å²) in [6.45, 7) is 1.40. The van der Waals surface area contributed by atoms with Gasteiger partial charge in [0.2, 0.25) is 0 Å². The predicted octanol–water partition coefficient (Wildman–Crippen LogP) is -0.563. The lowest BCUT2D eigenvalue weighted by molar-refractivity contribution is -0.144. The predicted molar refractivity (Wildman–Crippen MR) is 60.4 cm³/mol. The van der Waals surface area contributed by atoms with Gasteiger partial charge < -0.3 is 20.1 Å². The molecule has 7 nitrogen and oxygen atoms in total. The van der Waals surface area contributed by atoms with Gasteiger partial charge in [-0.1, -0.05) is 0 Å². The summed E-state index contributed by atoms with van der Waals surface area (Å²) in [6, 6.07) is 2.89. The molecule has 1 aromatic rings. The smallest absolute Gasteiger partial charge is 0.330 e. The zero-order valence-electron chi connectivity index (χ0n) is 9.50. The molecule has 1 aromatic heterocycles. The maximum absolute atomic E-state index is 11.6. The van der Waals surface area contributed by atoms with E-state index in [0.29, 0.717) is 31.4 Å². The molecule has 1 fully saturated rings. The van der Waals surface area contributed by atoms with Crippen molar-refractivity contribution in [3.05, 3.63) is 12.1 Å². The second kappa shape index (κ2) is 4.96. The van der Waals surface area contributed by atoms with Crippen LogP contribution in [0.15, 0.2) is 12.1 Å². The molecule has 0 spiro atoms. The van der Waals surface area contributed by atoms with Crippen molar-refractivity contribution >= 4 is 17.6 Å². The van der Waals surface area contributed by atoms with Crippen molar-refractivity contribution in [3.8, 4) is 0 Å². The van der Waals surface area contributed by atoms with E-state index in [1.54, 1.807) is 12.1 Å². The van der Waals surface area contributed by atoms with Gasteiger partial charge in [0, 0.05) is 6.54 Å². The van der Waals surface area contributed by atoms with Crippen molar-refractivity contribution in [2.24, 2.45) is 0 Å². The molecule has 1 unspecified atom stereocenters. The molecule has 1 aliphatic rings. The van der Waals surface area contributed by atoms with Gasteiger partial charge >= 0.3 is 5.97 Å². The minimum atomic E-state index is -0.480. The minimum Gasteiger partial charge on any atom is -0.467 e. The number of rotatable bonds is 2. The number of esters is 1. The molecule has 7 heteroatoms. The molecule has 0 radical (unpaired) electrons. The summed E-state index contributed by atoms with van der Waals surface area (Å²) in [5, 5.41) is 7.72. The molecule has 1 aliphatic heterocycles. The highest BCUT2D eigenvalue weighted by atomic mass is 16.5. The van der Waals surface area contributed by atoms with E-state index in [4.69, 9.17) is 15.2 Å². The number of hydrogen-bond donors (Lipinski definition) is 1. The Hall–Kier alpha value is -1.89. The Kier molecular flexibility index (Phi) is 3.38. The van der Waals surface area contributed by atoms with Gasteiger partial charge in [0.1, 0.15) is 5.82 Å². The maximum atomic E-state index is 11.6. The van der Waals surface area contributed by atoms with Crippen LogP contribution in [0.3, 0.4) is 0 Å². The highest BCUT2D eigenvalue weighted by Gasteiger charge is 2.31. The van der Waals surface area contributed by atoms with Crippen LogP contribution in [-0.4, -0.2) is 49.1 Å². The molecule has 17 heavy (non-hydrogen) atoms. The average Bonchev–Trinajstić information content (AvgIpc) is 2.39. The van der Waals surface area contributed by atoms with Crippen LogP contribution in [0, 0.1) is 0 Å². The van der Waals surface area contributed by atoms with Gasteiger partial charge in [-0.25, -0.2) is 4.79 Å². The van der Waals surface area contributed by atoms with Crippen molar-refractivity contribution in [1.29, 1.82) is 0 Å². The van der Waals surface area contributed by atoms with E-state index in [0.717, 1.165) is 0 Å². The molecule has 0 aromatic carbocycles. The molecule has 0 aliphatic carbocycles. The number of ether oxygens (including phenoxy) is 2. The molecule has 1 saturated heterocycles. The number of nitrogens with two attached hydrogens (primary N) is 1. The van der Waals surface area contributed by atoms with E-state index < -0.39 is 6.04 Å². The zero-order chi connectivity index (χ0) is 12.3. The van der Waals surface area contributed by atoms with Crippen LogP contribution >= 0.6 is 0 Å². The Morgan fingerprint density at radius 3 is 3.06 bits per heavy atom. The summed E-state index contributed by atoms with van der Waals surface area (Å²) < 4.78 is 10.00. The molecule has 2 heterocycles. The van der Waals surface area contributed by atoms with Crippen molar-refractivity contribution in [2.45, 2.75) is 6.04 Å². The van der Waals surface area contributed by atoms with Crippen LogP contribution in [0.1, 0.15) is 0 Å². The van der Waals surface area contributed by atoms with Crippen molar-refractivity contribution in [1.82, 2.24) is 10.2 Å². The third-order valence-corrected chi connectivity index (χ3v) is 2.57. The second-order valence-electron chi connectivity index (χ2n) is 3.62. The van der Waals surface area contributed by atoms with E-state index in [9.17, 15) is 4.79 Å². The molecular weight excluding hydrogens is 224 g/mol. The summed E-state index contributed by atoms with van der Waals surface area (Å²) in [5.41, 5.74) is 5.47. The van der Waals surface area contributed by atoms with Crippen molar-refractivity contribution in [2.75, 3.05) is 37.5 Å².